The molecule has 0 saturated carbocycles. The molecule has 0 atom stereocenters. The molecular formula is C23H15Cl2N5O2S. The molecule has 3 aromatic carbocycles. The Kier molecular flexibility index (Phi) is 5.80. The van der Waals surface area contributed by atoms with Crippen molar-refractivity contribution >= 4 is 63.2 Å². The molecule has 0 aliphatic rings. The van der Waals surface area contributed by atoms with Crippen molar-refractivity contribution in [2.24, 2.45) is 0 Å². The fourth-order valence-corrected chi connectivity index (χ4v) is 4.59. The third-order valence-corrected chi connectivity index (χ3v) is 6.72. The smallest absolute Gasteiger partial charge is 0.267 e. The topological polar surface area (TPSA) is 81.3 Å². The lowest BCUT2D eigenvalue weighted by atomic mass is 10.2. The maximum atomic E-state index is 13.3. The Morgan fingerprint density at radius 3 is 2.52 bits per heavy atom. The van der Waals surface area contributed by atoms with E-state index >= 15 is 0 Å². The van der Waals surface area contributed by atoms with Gasteiger partial charge in [-0.15, -0.1) is 10.2 Å². The van der Waals surface area contributed by atoms with Gasteiger partial charge < -0.3 is 5.32 Å². The molecule has 164 valence electrons. The second kappa shape index (κ2) is 8.90. The minimum absolute atomic E-state index is 0.0580. The first-order valence-electron chi connectivity index (χ1n) is 9.85. The number of halogens is 2. The minimum Gasteiger partial charge on any atom is -0.324 e. The van der Waals surface area contributed by atoms with Crippen LogP contribution in [0.5, 0.6) is 0 Å². The molecule has 0 saturated heterocycles. The number of nitrogens with zero attached hydrogens (tertiary/aromatic N) is 4. The molecule has 5 aromatic rings. The summed E-state index contributed by atoms with van der Waals surface area (Å²) in [5.74, 6) is 0.148. The number of amides is 1. The monoisotopic (exact) mass is 495 g/mol. The first-order chi connectivity index (χ1) is 16.0. The van der Waals surface area contributed by atoms with Crippen LogP contribution in [0.3, 0.4) is 0 Å². The summed E-state index contributed by atoms with van der Waals surface area (Å²) in [4.78, 5) is 25.8. The molecule has 1 N–H and O–H groups in total. The number of aromatic nitrogens is 4. The number of rotatable bonds is 5. The average molecular weight is 496 g/mol. The number of anilines is 1. The van der Waals surface area contributed by atoms with Crippen LogP contribution in [-0.4, -0.2) is 30.8 Å². The highest BCUT2D eigenvalue weighted by Crippen LogP contribution is 2.30. The summed E-state index contributed by atoms with van der Waals surface area (Å²) in [6.07, 6.45) is 0. The van der Waals surface area contributed by atoms with Gasteiger partial charge in [-0.2, -0.15) is 0 Å². The average Bonchev–Trinajstić information content (AvgIpc) is 3.25. The second-order valence-electron chi connectivity index (χ2n) is 7.05. The Bertz CT molecular complexity index is 1570. The van der Waals surface area contributed by atoms with Gasteiger partial charge in [0.25, 0.3) is 5.56 Å². The van der Waals surface area contributed by atoms with Crippen molar-refractivity contribution in [2.45, 2.75) is 5.16 Å². The molecular weight excluding hydrogens is 481 g/mol. The van der Waals surface area contributed by atoms with Gasteiger partial charge >= 0.3 is 0 Å². The lowest BCUT2D eigenvalue weighted by Gasteiger charge is -2.11. The third-order valence-electron chi connectivity index (χ3n) is 4.97. The summed E-state index contributed by atoms with van der Waals surface area (Å²) < 4.78 is 3.30. The first-order valence-corrected chi connectivity index (χ1v) is 11.6. The molecule has 7 nitrogen and oxygen atoms in total. The number of nitrogens with one attached hydrogen (secondary N) is 1. The maximum Gasteiger partial charge on any atom is 0.267 e. The van der Waals surface area contributed by atoms with Crippen molar-refractivity contribution in [1.82, 2.24) is 19.2 Å². The molecule has 0 unspecified atom stereocenters. The number of fused-ring (bicyclic) bond motifs is 3. The van der Waals surface area contributed by atoms with Gasteiger partial charge in [-0.05, 0) is 36.4 Å². The highest BCUT2D eigenvalue weighted by atomic mass is 35.5. The van der Waals surface area contributed by atoms with Crippen LogP contribution in [0.15, 0.2) is 82.7 Å². The fourth-order valence-electron chi connectivity index (χ4n) is 3.50. The molecule has 33 heavy (non-hydrogen) atoms. The Labute approximate surface area is 202 Å². The van der Waals surface area contributed by atoms with Crippen LogP contribution in [0.1, 0.15) is 0 Å². The van der Waals surface area contributed by atoms with Crippen molar-refractivity contribution in [2.75, 3.05) is 11.1 Å². The zero-order chi connectivity index (χ0) is 22.9. The molecule has 0 radical (unpaired) electrons. The van der Waals surface area contributed by atoms with Crippen LogP contribution in [0.4, 0.5) is 5.69 Å². The van der Waals surface area contributed by atoms with E-state index in [-0.39, 0.29) is 22.2 Å². The number of carbonyl (C=O) groups is 1. The highest BCUT2D eigenvalue weighted by Gasteiger charge is 2.18. The molecule has 1 amide bonds. The Balaban J connectivity index is 1.54. The minimum atomic E-state index is -0.276. The zero-order valence-corrected chi connectivity index (χ0v) is 19.2. The Morgan fingerprint density at radius 2 is 1.70 bits per heavy atom. The maximum absolute atomic E-state index is 13.3. The zero-order valence-electron chi connectivity index (χ0n) is 16.9. The molecule has 0 bridgehead atoms. The van der Waals surface area contributed by atoms with Crippen LogP contribution in [-0.2, 0) is 4.79 Å². The SMILES string of the molecule is O=C(CSc1nnc2n(-c3ccccc3)c(=O)c3ccccc3n12)Nc1cccc(Cl)c1Cl. The third kappa shape index (κ3) is 3.97. The van der Waals surface area contributed by atoms with E-state index < -0.39 is 0 Å². The quantitative estimate of drug-likeness (QED) is 0.344. The molecule has 2 heterocycles. The van der Waals surface area contributed by atoms with Crippen molar-refractivity contribution in [1.29, 1.82) is 0 Å². The van der Waals surface area contributed by atoms with Crippen molar-refractivity contribution < 1.29 is 4.79 Å². The van der Waals surface area contributed by atoms with Crippen molar-refractivity contribution in [3.05, 3.63) is 93.2 Å². The highest BCUT2D eigenvalue weighted by molar-refractivity contribution is 7.99. The number of hydrogen-bond acceptors (Lipinski definition) is 5. The molecule has 2 aromatic heterocycles. The van der Waals surface area contributed by atoms with E-state index in [0.29, 0.717) is 38.2 Å². The Hall–Kier alpha value is -3.33. The summed E-state index contributed by atoms with van der Waals surface area (Å²) in [5.41, 5.74) is 1.58. The largest absolute Gasteiger partial charge is 0.324 e. The van der Waals surface area contributed by atoms with E-state index in [2.05, 4.69) is 15.5 Å². The number of carbonyl (C=O) groups excluding carboxylic acids is 1. The molecule has 0 fully saturated rings. The van der Waals surface area contributed by atoms with Gasteiger partial charge in [-0.1, -0.05) is 71.4 Å². The van der Waals surface area contributed by atoms with Gasteiger partial charge in [0.05, 0.1) is 38.1 Å². The van der Waals surface area contributed by atoms with Gasteiger partial charge in [0.15, 0.2) is 5.16 Å². The summed E-state index contributed by atoms with van der Waals surface area (Å²) >= 11 is 13.4. The predicted octanol–water partition coefficient (Wildman–Crippen LogP) is 5.07. The van der Waals surface area contributed by atoms with Crippen LogP contribution in [0, 0.1) is 0 Å². The van der Waals surface area contributed by atoms with Crippen molar-refractivity contribution in [3.63, 3.8) is 0 Å². The van der Waals surface area contributed by atoms with E-state index in [1.54, 1.807) is 28.7 Å². The van der Waals surface area contributed by atoms with Gasteiger partial charge in [-0.25, -0.2) is 4.57 Å². The van der Waals surface area contributed by atoms with E-state index in [0.717, 1.165) is 0 Å². The fraction of sp³-hybridized carbons (Fsp3) is 0.0435. The Morgan fingerprint density at radius 1 is 0.939 bits per heavy atom. The standard InChI is InChI=1S/C23H15Cl2N5O2S/c24-16-10-6-11-17(20(16)25)26-19(31)13-33-23-28-27-22-29(14-7-2-1-3-8-14)21(32)15-9-4-5-12-18(15)30(22)23/h1-12H,13H2,(H,26,31). The van der Waals surface area contributed by atoms with Gasteiger partial charge in [0.2, 0.25) is 11.7 Å². The van der Waals surface area contributed by atoms with Crippen LogP contribution in [0.2, 0.25) is 10.0 Å². The van der Waals surface area contributed by atoms with Crippen LogP contribution >= 0.6 is 35.0 Å². The normalized spacial score (nSPS) is 11.2. The molecule has 0 aliphatic heterocycles. The van der Waals surface area contributed by atoms with Crippen LogP contribution in [0.25, 0.3) is 22.4 Å². The first kappa shape index (κ1) is 21.5. The molecule has 5 rings (SSSR count). The van der Waals surface area contributed by atoms with E-state index in [1.807, 2.05) is 48.5 Å². The van der Waals surface area contributed by atoms with Gasteiger partial charge in [0, 0.05) is 0 Å². The predicted molar refractivity (Wildman–Crippen MR) is 132 cm³/mol. The number of benzene rings is 3. The van der Waals surface area contributed by atoms with Gasteiger partial charge in [-0.3, -0.25) is 14.0 Å². The number of hydrogen-bond donors (Lipinski definition) is 1. The van der Waals surface area contributed by atoms with E-state index in [9.17, 15) is 9.59 Å². The molecule has 0 spiro atoms. The molecule has 0 aliphatic carbocycles. The van der Waals surface area contributed by atoms with Crippen LogP contribution < -0.4 is 10.9 Å². The molecule has 10 heteroatoms. The number of thioether (sulfide) groups is 1. The number of para-hydroxylation sites is 2. The van der Waals surface area contributed by atoms with E-state index in [1.165, 1.54) is 16.3 Å². The summed E-state index contributed by atoms with van der Waals surface area (Å²) in [5, 5.41) is 12.9. The van der Waals surface area contributed by atoms with Gasteiger partial charge in [0.1, 0.15) is 0 Å². The lowest BCUT2D eigenvalue weighted by Crippen LogP contribution is -2.21. The second-order valence-corrected chi connectivity index (χ2v) is 8.78. The van der Waals surface area contributed by atoms with Crippen molar-refractivity contribution in [3.8, 4) is 5.69 Å². The lowest BCUT2D eigenvalue weighted by molar-refractivity contribution is -0.113. The van der Waals surface area contributed by atoms with E-state index in [4.69, 9.17) is 23.2 Å². The summed E-state index contributed by atoms with van der Waals surface area (Å²) in [7, 11) is 0. The summed E-state index contributed by atoms with van der Waals surface area (Å²) in [6, 6.07) is 21.5. The summed E-state index contributed by atoms with van der Waals surface area (Å²) in [6.45, 7) is 0.